The van der Waals surface area contributed by atoms with Crippen molar-refractivity contribution in [2.45, 2.75) is 0 Å². The van der Waals surface area contributed by atoms with Crippen molar-refractivity contribution >= 4 is 44.0 Å². The lowest BCUT2D eigenvalue weighted by Crippen LogP contribution is -1.95. The van der Waals surface area contributed by atoms with Gasteiger partial charge in [-0.3, -0.25) is 0 Å². The molecular weight excluding hydrogens is 581 g/mol. The van der Waals surface area contributed by atoms with Gasteiger partial charge in [0.25, 0.3) is 0 Å². The Labute approximate surface area is 279 Å². The van der Waals surface area contributed by atoms with Gasteiger partial charge in [0.15, 0.2) is 0 Å². The lowest BCUT2D eigenvalue weighted by molar-refractivity contribution is 1.19. The molecule has 2 heteroatoms. The number of rotatable bonds is 4. The number of hydrogen-bond acceptors (Lipinski definition) is 1. The number of benzene rings is 8. The predicted octanol–water partition coefficient (Wildman–Crippen LogP) is 12.7. The summed E-state index contributed by atoms with van der Waals surface area (Å²) in [4.78, 5) is 0. The zero-order chi connectivity index (χ0) is 31.6. The molecule has 1 N–H and O–H groups in total. The van der Waals surface area contributed by atoms with Gasteiger partial charge in [-0.2, -0.15) is 0 Å². The summed E-state index contributed by atoms with van der Waals surface area (Å²) in [7, 11) is 0. The van der Waals surface area contributed by atoms with Crippen LogP contribution >= 0.6 is 0 Å². The first kappa shape index (κ1) is 26.8. The molecular formula is C46H30N2. The van der Waals surface area contributed by atoms with Crippen molar-refractivity contribution in [3.63, 3.8) is 0 Å². The van der Waals surface area contributed by atoms with E-state index in [0.29, 0.717) is 0 Å². The Morgan fingerprint density at radius 3 is 1.83 bits per heavy atom. The third kappa shape index (κ3) is 4.13. The van der Waals surface area contributed by atoms with Crippen LogP contribution in [0.1, 0.15) is 0 Å². The molecule has 0 amide bonds. The van der Waals surface area contributed by atoms with Crippen LogP contribution in [0, 0.1) is 0 Å². The van der Waals surface area contributed by atoms with Crippen LogP contribution in [0.5, 0.6) is 0 Å². The average molecular weight is 611 g/mol. The van der Waals surface area contributed by atoms with Crippen molar-refractivity contribution in [3.8, 4) is 50.2 Å². The van der Waals surface area contributed by atoms with E-state index in [4.69, 9.17) is 0 Å². The van der Waals surface area contributed by atoms with Gasteiger partial charge in [-0.1, -0.05) is 121 Å². The fraction of sp³-hybridized carbons (Fsp3) is 0. The van der Waals surface area contributed by atoms with Crippen LogP contribution in [0.25, 0.3) is 82.8 Å². The topological polar surface area (TPSA) is 17.0 Å². The minimum absolute atomic E-state index is 1.07. The van der Waals surface area contributed by atoms with Crippen LogP contribution in [0.3, 0.4) is 0 Å². The highest BCUT2D eigenvalue weighted by atomic mass is 15.0. The van der Waals surface area contributed by atoms with Gasteiger partial charge in [0.2, 0.25) is 0 Å². The second-order valence-electron chi connectivity index (χ2n) is 12.6. The van der Waals surface area contributed by atoms with Crippen molar-refractivity contribution in [1.29, 1.82) is 0 Å². The summed E-state index contributed by atoms with van der Waals surface area (Å²) in [6.07, 6.45) is 0. The quantitative estimate of drug-likeness (QED) is 0.210. The molecule has 1 aromatic heterocycles. The molecule has 0 fully saturated rings. The van der Waals surface area contributed by atoms with Gasteiger partial charge in [0, 0.05) is 38.8 Å². The smallest absolute Gasteiger partial charge is 0.0619 e. The van der Waals surface area contributed by atoms with E-state index in [1.54, 1.807) is 0 Å². The molecule has 0 saturated carbocycles. The molecule has 0 spiro atoms. The van der Waals surface area contributed by atoms with Gasteiger partial charge in [-0.25, -0.2) is 0 Å². The summed E-state index contributed by atoms with van der Waals surface area (Å²) in [5.74, 6) is 0. The zero-order valence-corrected chi connectivity index (χ0v) is 26.2. The predicted molar refractivity (Wildman–Crippen MR) is 203 cm³/mol. The number of anilines is 2. The minimum atomic E-state index is 1.07. The molecule has 0 unspecified atom stereocenters. The largest absolute Gasteiger partial charge is 0.355 e. The summed E-state index contributed by atoms with van der Waals surface area (Å²) in [6, 6.07) is 63.9. The summed E-state index contributed by atoms with van der Waals surface area (Å²) in [5.41, 5.74) is 15.7. The maximum atomic E-state index is 3.66. The molecule has 1 aliphatic rings. The summed E-state index contributed by atoms with van der Waals surface area (Å²) >= 11 is 0. The van der Waals surface area contributed by atoms with E-state index >= 15 is 0 Å². The molecule has 0 saturated heterocycles. The Balaban J connectivity index is 1.20. The van der Waals surface area contributed by atoms with Crippen LogP contribution in [0.4, 0.5) is 11.4 Å². The van der Waals surface area contributed by atoms with E-state index in [-0.39, 0.29) is 0 Å². The first-order valence-electron chi connectivity index (χ1n) is 16.5. The van der Waals surface area contributed by atoms with E-state index < -0.39 is 0 Å². The second kappa shape index (κ2) is 10.6. The first-order valence-corrected chi connectivity index (χ1v) is 16.5. The van der Waals surface area contributed by atoms with E-state index in [2.05, 4.69) is 180 Å². The molecule has 10 rings (SSSR count). The maximum absolute atomic E-state index is 3.66. The Hall–Kier alpha value is -6.38. The van der Waals surface area contributed by atoms with Gasteiger partial charge in [0.1, 0.15) is 0 Å². The number of para-hydroxylation sites is 3. The molecule has 0 aliphatic carbocycles. The Morgan fingerprint density at radius 1 is 0.375 bits per heavy atom. The third-order valence-electron chi connectivity index (χ3n) is 9.89. The van der Waals surface area contributed by atoms with Crippen LogP contribution < -0.4 is 5.32 Å². The molecule has 9 aromatic rings. The third-order valence-corrected chi connectivity index (χ3v) is 9.89. The van der Waals surface area contributed by atoms with Crippen molar-refractivity contribution in [2.24, 2.45) is 0 Å². The molecule has 1 aliphatic heterocycles. The van der Waals surface area contributed by atoms with E-state index in [0.717, 1.165) is 11.4 Å². The molecule has 8 aromatic carbocycles. The Kier molecular flexibility index (Phi) is 5.91. The monoisotopic (exact) mass is 610 g/mol. The van der Waals surface area contributed by atoms with Crippen molar-refractivity contribution in [2.75, 3.05) is 5.32 Å². The number of hydrogen-bond donors (Lipinski definition) is 1. The lowest BCUT2D eigenvalue weighted by atomic mass is 9.90. The second-order valence-corrected chi connectivity index (χ2v) is 12.6. The molecule has 224 valence electrons. The maximum Gasteiger partial charge on any atom is 0.0619 e. The lowest BCUT2D eigenvalue weighted by Gasteiger charge is -2.15. The number of nitrogens with one attached hydrogen (secondary N) is 1. The van der Waals surface area contributed by atoms with Gasteiger partial charge >= 0.3 is 0 Å². The molecule has 2 heterocycles. The molecule has 48 heavy (non-hydrogen) atoms. The normalized spacial score (nSPS) is 11.8. The summed E-state index contributed by atoms with van der Waals surface area (Å²) < 4.78 is 2.49. The minimum Gasteiger partial charge on any atom is -0.355 e. The van der Waals surface area contributed by atoms with Crippen LogP contribution in [-0.4, -0.2) is 4.57 Å². The SMILES string of the molecule is c1ccc(Nc2ccc(-c3ccc4c(c3)c3cccc5c3n4-c3ccccc3-c3cc4ccccc4cc3-5)cc2-c2ccccc2)cc1. The highest BCUT2D eigenvalue weighted by molar-refractivity contribution is 6.18. The van der Waals surface area contributed by atoms with Crippen molar-refractivity contribution < 1.29 is 0 Å². The average Bonchev–Trinajstić information content (AvgIpc) is 3.43. The highest BCUT2D eigenvalue weighted by Gasteiger charge is 2.25. The van der Waals surface area contributed by atoms with Gasteiger partial charge < -0.3 is 9.88 Å². The first-order chi connectivity index (χ1) is 23.8. The standard InChI is InChI=1S/C46H30N2/c1-3-12-30(13-4-1)39-26-33(22-24-43(39)47-35-16-5-2-6-17-35)34-23-25-45-42(29-34)38-20-11-19-37-41-28-32-15-8-7-14-31(32)27-40(41)36-18-9-10-21-44(36)48(45)46(37)38/h1-29,47H. The molecule has 2 nitrogen and oxygen atoms in total. The van der Waals surface area contributed by atoms with Crippen LogP contribution in [0.15, 0.2) is 176 Å². The van der Waals surface area contributed by atoms with Crippen molar-refractivity contribution in [3.05, 3.63) is 176 Å². The fourth-order valence-corrected chi connectivity index (χ4v) is 7.66. The number of fused-ring (bicyclic) bond motifs is 9. The van der Waals surface area contributed by atoms with Gasteiger partial charge in [-0.15, -0.1) is 0 Å². The zero-order valence-electron chi connectivity index (χ0n) is 26.2. The molecule has 0 bridgehead atoms. The van der Waals surface area contributed by atoms with Crippen LogP contribution in [0.2, 0.25) is 0 Å². The molecule has 0 radical (unpaired) electrons. The number of aromatic nitrogens is 1. The Morgan fingerprint density at radius 2 is 1.02 bits per heavy atom. The van der Waals surface area contributed by atoms with Gasteiger partial charge in [0.05, 0.1) is 16.7 Å². The van der Waals surface area contributed by atoms with E-state index in [1.165, 1.54) is 82.8 Å². The number of nitrogens with zero attached hydrogens (tertiary/aromatic N) is 1. The molecule has 0 atom stereocenters. The van der Waals surface area contributed by atoms with E-state index in [9.17, 15) is 0 Å². The van der Waals surface area contributed by atoms with Crippen LogP contribution in [-0.2, 0) is 0 Å². The van der Waals surface area contributed by atoms with Gasteiger partial charge in [-0.05, 0) is 93.2 Å². The summed E-state index contributed by atoms with van der Waals surface area (Å²) in [5, 5.41) is 8.71. The highest BCUT2D eigenvalue weighted by Crippen LogP contribution is 2.48. The van der Waals surface area contributed by atoms with E-state index in [1.807, 2.05) is 6.07 Å². The van der Waals surface area contributed by atoms with Crippen molar-refractivity contribution in [1.82, 2.24) is 4.57 Å². The summed E-state index contributed by atoms with van der Waals surface area (Å²) in [6.45, 7) is 0. The fourth-order valence-electron chi connectivity index (χ4n) is 7.66. The Bertz CT molecular complexity index is 2680.